The fraction of sp³-hybridized carbons (Fsp3) is 0.148. The number of hydrogen-bond donors (Lipinski definition) is 0. The number of ether oxygens (including phenoxy) is 1. The molecule has 8 nitrogen and oxygen atoms in total. The number of rotatable bonds is 4. The highest BCUT2D eigenvalue weighted by Gasteiger charge is 2.18. The van der Waals surface area contributed by atoms with Crippen molar-refractivity contribution < 1.29 is 14.3 Å². The van der Waals surface area contributed by atoms with Crippen LogP contribution in [-0.4, -0.2) is 32.4 Å². The molecule has 8 heteroatoms. The molecule has 3 aromatic heterocycles. The molecular weight excluding hydrogens is 444 g/mol. The van der Waals surface area contributed by atoms with Crippen LogP contribution in [0.4, 0.5) is 0 Å². The van der Waals surface area contributed by atoms with E-state index >= 15 is 0 Å². The minimum absolute atomic E-state index is 0.0305. The minimum atomic E-state index is -0.667. The van der Waals surface area contributed by atoms with Gasteiger partial charge in [-0.2, -0.15) is 4.99 Å². The molecule has 0 spiro atoms. The molecule has 0 aliphatic carbocycles. The average Bonchev–Trinajstić information content (AvgIpc) is 2.86. The number of amides is 1. The van der Waals surface area contributed by atoms with E-state index < -0.39 is 11.9 Å². The standard InChI is InChI=1S/C27H22N4O4/c1-3-35-27(34)21-16-20-24(28-22-13-6-7-14-31(22)26(20)33)30(2)25(21)29-23(32)15-18-11-8-10-17-9-4-5-12-19(17)18/h4-14,16H,3,15H2,1-2H3. The molecule has 0 aliphatic rings. The molecule has 0 N–H and O–H groups in total. The lowest BCUT2D eigenvalue weighted by Crippen LogP contribution is -2.31. The number of carbonyl (C=O) groups excluding carboxylic acids is 2. The van der Waals surface area contributed by atoms with Gasteiger partial charge in [-0.1, -0.05) is 48.5 Å². The van der Waals surface area contributed by atoms with E-state index in [0.717, 1.165) is 16.3 Å². The monoisotopic (exact) mass is 466 g/mol. The largest absolute Gasteiger partial charge is 0.462 e. The maximum atomic E-state index is 13.1. The van der Waals surface area contributed by atoms with E-state index in [2.05, 4.69) is 9.98 Å². The molecule has 0 saturated carbocycles. The Kier molecular flexibility index (Phi) is 5.70. The molecule has 174 valence electrons. The zero-order valence-corrected chi connectivity index (χ0v) is 19.3. The number of nitrogens with zero attached hydrogens (tertiary/aromatic N) is 4. The molecule has 0 atom stereocenters. The molecule has 0 saturated heterocycles. The van der Waals surface area contributed by atoms with Gasteiger partial charge in [0.2, 0.25) is 0 Å². The number of fused-ring (bicyclic) bond motifs is 3. The van der Waals surface area contributed by atoms with Crippen molar-refractivity contribution in [1.82, 2.24) is 14.0 Å². The van der Waals surface area contributed by atoms with Crippen molar-refractivity contribution in [1.29, 1.82) is 0 Å². The Labute approximate surface area is 199 Å². The van der Waals surface area contributed by atoms with Crippen LogP contribution in [-0.2, 0) is 23.0 Å². The second-order valence-electron chi connectivity index (χ2n) is 8.06. The van der Waals surface area contributed by atoms with Crippen LogP contribution < -0.4 is 11.0 Å². The van der Waals surface area contributed by atoms with Crippen molar-refractivity contribution in [3.8, 4) is 0 Å². The number of pyridine rings is 2. The molecule has 0 radical (unpaired) electrons. The maximum absolute atomic E-state index is 13.1. The molecule has 2 aromatic carbocycles. The number of benzene rings is 2. The molecule has 35 heavy (non-hydrogen) atoms. The fourth-order valence-electron chi connectivity index (χ4n) is 4.22. The van der Waals surface area contributed by atoms with E-state index in [-0.39, 0.29) is 35.0 Å². The van der Waals surface area contributed by atoms with Gasteiger partial charge in [0.25, 0.3) is 11.5 Å². The topological polar surface area (TPSA) is 95.0 Å². The van der Waals surface area contributed by atoms with Crippen LogP contribution >= 0.6 is 0 Å². The Hall–Kier alpha value is -4.59. The van der Waals surface area contributed by atoms with Crippen molar-refractivity contribution in [3.05, 3.63) is 99.9 Å². The quantitative estimate of drug-likeness (QED) is 0.300. The van der Waals surface area contributed by atoms with Gasteiger partial charge in [-0.3, -0.25) is 14.0 Å². The molecule has 0 bridgehead atoms. The van der Waals surface area contributed by atoms with Crippen molar-refractivity contribution in [2.75, 3.05) is 6.61 Å². The average molecular weight is 466 g/mol. The third-order valence-electron chi connectivity index (χ3n) is 5.86. The van der Waals surface area contributed by atoms with Crippen molar-refractivity contribution in [2.45, 2.75) is 13.3 Å². The lowest BCUT2D eigenvalue weighted by Gasteiger charge is -2.11. The number of esters is 1. The van der Waals surface area contributed by atoms with E-state index in [0.29, 0.717) is 11.3 Å². The summed E-state index contributed by atoms with van der Waals surface area (Å²) in [6, 6.07) is 20.2. The van der Waals surface area contributed by atoms with Gasteiger partial charge in [-0.15, -0.1) is 0 Å². The first-order chi connectivity index (χ1) is 17.0. The van der Waals surface area contributed by atoms with E-state index in [4.69, 9.17) is 4.74 Å². The normalized spacial score (nSPS) is 11.9. The van der Waals surface area contributed by atoms with Crippen LogP contribution in [0.25, 0.3) is 27.5 Å². The second kappa shape index (κ2) is 8.98. The first-order valence-corrected chi connectivity index (χ1v) is 11.2. The molecule has 0 unspecified atom stereocenters. The van der Waals surface area contributed by atoms with E-state index in [1.54, 1.807) is 38.4 Å². The van der Waals surface area contributed by atoms with Crippen LogP contribution in [0.1, 0.15) is 22.8 Å². The van der Waals surface area contributed by atoms with Crippen molar-refractivity contribution >= 4 is 39.3 Å². The summed E-state index contributed by atoms with van der Waals surface area (Å²) in [6.07, 6.45) is 1.66. The smallest absolute Gasteiger partial charge is 0.341 e. The summed E-state index contributed by atoms with van der Waals surface area (Å²) in [7, 11) is 1.63. The molecule has 5 rings (SSSR count). The van der Waals surface area contributed by atoms with Gasteiger partial charge in [0.1, 0.15) is 16.9 Å². The Bertz CT molecular complexity index is 1760. The van der Waals surface area contributed by atoms with Gasteiger partial charge in [0.15, 0.2) is 5.49 Å². The third kappa shape index (κ3) is 3.99. The van der Waals surface area contributed by atoms with Gasteiger partial charge in [0.05, 0.1) is 18.4 Å². The number of aromatic nitrogens is 3. The van der Waals surface area contributed by atoms with Crippen molar-refractivity contribution in [3.63, 3.8) is 0 Å². The number of aryl methyl sites for hydroxylation is 1. The first-order valence-electron chi connectivity index (χ1n) is 11.2. The maximum Gasteiger partial charge on any atom is 0.341 e. The van der Waals surface area contributed by atoms with E-state index in [1.165, 1.54) is 15.0 Å². The highest BCUT2D eigenvalue weighted by Crippen LogP contribution is 2.19. The SMILES string of the molecule is CCOC(=O)c1cc2c(=O)n3ccccc3nc2n(C)c1=NC(=O)Cc1cccc2ccccc12. The van der Waals surface area contributed by atoms with Crippen LogP contribution in [0.3, 0.4) is 0 Å². The first kappa shape index (κ1) is 22.2. The second-order valence-corrected chi connectivity index (χ2v) is 8.06. The number of hydrogen-bond acceptors (Lipinski definition) is 5. The van der Waals surface area contributed by atoms with Gasteiger partial charge in [-0.25, -0.2) is 9.78 Å². The molecule has 0 fully saturated rings. The summed E-state index contributed by atoms with van der Waals surface area (Å²) in [4.78, 5) is 47.9. The molecule has 1 amide bonds. The summed E-state index contributed by atoms with van der Waals surface area (Å²) in [5.74, 6) is -1.10. The zero-order chi connectivity index (χ0) is 24.5. The van der Waals surface area contributed by atoms with Gasteiger partial charge >= 0.3 is 5.97 Å². The molecule has 3 heterocycles. The fourth-order valence-corrected chi connectivity index (χ4v) is 4.22. The van der Waals surface area contributed by atoms with Gasteiger partial charge < -0.3 is 9.30 Å². The highest BCUT2D eigenvalue weighted by atomic mass is 16.5. The lowest BCUT2D eigenvalue weighted by molar-refractivity contribution is -0.117. The molecule has 0 aliphatic heterocycles. The Morgan fingerprint density at radius 3 is 2.60 bits per heavy atom. The Balaban J connectivity index is 1.71. The van der Waals surface area contributed by atoms with E-state index in [1.807, 2.05) is 42.5 Å². The lowest BCUT2D eigenvalue weighted by atomic mass is 10.0. The summed E-state index contributed by atoms with van der Waals surface area (Å²) in [6.45, 7) is 1.82. The van der Waals surface area contributed by atoms with Crippen LogP contribution in [0.15, 0.2) is 82.7 Å². The van der Waals surface area contributed by atoms with Crippen molar-refractivity contribution in [2.24, 2.45) is 12.0 Å². The van der Waals surface area contributed by atoms with Crippen LogP contribution in [0.2, 0.25) is 0 Å². The Morgan fingerprint density at radius 2 is 1.77 bits per heavy atom. The summed E-state index contributed by atoms with van der Waals surface area (Å²) < 4.78 is 8.10. The highest BCUT2D eigenvalue weighted by molar-refractivity contribution is 5.94. The van der Waals surface area contributed by atoms with Crippen LogP contribution in [0.5, 0.6) is 0 Å². The summed E-state index contributed by atoms with van der Waals surface area (Å²) >= 11 is 0. The predicted octanol–water partition coefficient (Wildman–Crippen LogP) is 3.19. The van der Waals surface area contributed by atoms with E-state index in [9.17, 15) is 14.4 Å². The summed E-state index contributed by atoms with van der Waals surface area (Å²) in [5.41, 5.74) is 1.38. The van der Waals surface area contributed by atoms with Crippen LogP contribution in [0, 0.1) is 0 Å². The predicted molar refractivity (Wildman–Crippen MR) is 132 cm³/mol. The van der Waals surface area contributed by atoms with Gasteiger partial charge in [0, 0.05) is 13.2 Å². The minimum Gasteiger partial charge on any atom is -0.462 e. The Morgan fingerprint density at radius 1 is 1.00 bits per heavy atom. The molecule has 5 aromatic rings. The molecular formula is C27H22N4O4. The number of carbonyl (C=O) groups is 2. The van der Waals surface area contributed by atoms with Gasteiger partial charge in [-0.05, 0) is 41.5 Å². The third-order valence-corrected chi connectivity index (χ3v) is 5.86. The summed E-state index contributed by atoms with van der Waals surface area (Å²) in [5, 5.41) is 2.21. The zero-order valence-electron chi connectivity index (χ0n) is 19.3.